The number of likely N-dealkylation sites (N-methyl/N-ethyl adjacent to an activating group) is 1. The molecule has 0 atom stereocenters. The Morgan fingerprint density at radius 2 is 1.92 bits per heavy atom. The number of nitrogens with two attached hydrogens (primary N) is 1. The number of amides is 2. The fourth-order valence-corrected chi connectivity index (χ4v) is 0.477. The molecule has 0 fully saturated rings. The van der Waals surface area contributed by atoms with Gasteiger partial charge in [0.2, 0.25) is 11.8 Å². The summed E-state index contributed by atoms with van der Waals surface area (Å²) < 4.78 is 0. The molecule has 12 heavy (non-hydrogen) atoms. The van der Waals surface area contributed by atoms with Crippen molar-refractivity contribution in [1.29, 1.82) is 0 Å². The lowest BCUT2D eigenvalue weighted by atomic mass is 10.1. The van der Waals surface area contributed by atoms with Gasteiger partial charge in [-0.2, -0.15) is 0 Å². The van der Waals surface area contributed by atoms with Crippen LogP contribution in [0.2, 0.25) is 0 Å². The van der Waals surface area contributed by atoms with Crippen molar-refractivity contribution in [3.8, 4) is 0 Å². The summed E-state index contributed by atoms with van der Waals surface area (Å²) in [6.45, 7) is 3.34. The maximum atomic E-state index is 10.8. The van der Waals surface area contributed by atoms with Crippen LogP contribution < -0.4 is 16.4 Å². The summed E-state index contributed by atoms with van der Waals surface area (Å²) in [5.41, 5.74) is 4.22. The van der Waals surface area contributed by atoms with Crippen LogP contribution in [0, 0.1) is 0 Å². The van der Waals surface area contributed by atoms with Gasteiger partial charge in [-0.25, -0.2) is 0 Å². The Kier molecular flexibility index (Phi) is 3.69. The Balaban J connectivity index is 3.92. The number of rotatable bonds is 4. The van der Waals surface area contributed by atoms with Gasteiger partial charge < -0.3 is 11.1 Å². The molecule has 0 aliphatic heterocycles. The van der Waals surface area contributed by atoms with Crippen molar-refractivity contribution in [2.24, 2.45) is 5.73 Å². The van der Waals surface area contributed by atoms with E-state index >= 15 is 0 Å². The Bertz CT molecular complexity index is 189. The number of carbonyl (C=O) groups excluding carboxylic acids is 2. The number of hydrogen-bond acceptors (Lipinski definition) is 3. The van der Waals surface area contributed by atoms with E-state index in [0.717, 1.165) is 0 Å². The fourth-order valence-electron chi connectivity index (χ4n) is 0.477. The second-order valence-corrected chi connectivity index (χ2v) is 3.02. The first-order chi connectivity index (χ1) is 5.40. The van der Waals surface area contributed by atoms with E-state index < -0.39 is 11.4 Å². The van der Waals surface area contributed by atoms with E-state index in [0.29, 0.717) is 0 Å². The summed E-state index contributed by atoms with van der Waals surface area (Å²) in [4.78, 5) is 21.5. The maximum Gasteiger partial charge on any atom is 0.237 e. The molecule has 0 aromatic carbocycles. The van der Waals surface area contributed by atoms with Crippen molar-refractivity contribution in [3.05, 3.63) is 0 Å². The van der Waals surface area contributed by atoms with Crippen LogP contribution in [-0.4, -0.2) is 30.9 Å². The van der Waals surface area contributed by atoms with Gasteiger partial charge in [0, 0.05) is 7.05 Å². The zero-order chi connectivity index (χ0) is 9.78. The van der Waals surface area contributed by atoms with Gasteiger partial charge in [0.25, 0.3) is 0 Å². The second-order valence-electron chi connectivity index (χ2n) is 3.02. The van der Waals surface area contributed by atoms with Gasteiger partial charge in [-0.15, -0.1) is 0 Å². The molecule has 2 amide bonds. The molecule has 0 unspecified atom stereocenters. The largest absolute Gasteiger partial charge is 0.368 e. The highest BCUT2D eigenvalue weighted by molar-refractivity contribution is 5.85. The summed E-state index contributed by atoms with van der Waals surface area (Å²) >= 11 is 0. The topological polar surface area (TPSA) is 84.2 Å². The molecule has 0 aromatic heterocycles. The molecule has 0 heterocycles. The quantitative estimate of drug-likeness (QED) is 0.488. The third kappa shape index (κ3) is 3.34. The molecule has 0 bridgehead atoms. The molecule has 0 saturated heterocycles. The third-order valence-electron chi connectivity index (χ3n) is 1.59. The van der Waals surface area contributed by atoms with Crippen molar-refractivity contribution in [2.45, 2.75) is 19.4 Å². The van der Waals surface area contributed by atoms with Crippen molar-refractivity contribution < 1.29 is 9.59 Å². The lowest BCUT2D eigenvalue weighted by Gasteiger charge is -2.21. The predicted octanol–water partition coefficient (Wildman–Crippen LogP) is -1.41. The predicted molar refractivity (Wildman–Crippen MR) is 45.3 cm³/mol. The lowest BCUT2D eigenvalue weighted by Crippen LogP contribution is -2.53. The molecular weight excluding hydrogens is 158 g/mol. The van der Waals surface area contributed by atoms with Crippen LogP contribution in [-0.2, 0) is 9.59 Å². The SMILES string of the molecule is CNC(=O)CNC(C)(C)C(N)=O. The van der Waals surface area contributed by atoms with Crippen molar-refractivity contribution >= 4 is 11.8 Å². The van der Waals surface area contributed by atoms with Crippen LogP contribution >= 0.6 is 0 Å². The first-order valence-corrected chi connectivity index (χ1v) is 3.65. The van der Waals surface area contributed by atoms with Gasteiger partial charge in [0.1, 0.15) is 0 Å². The molecule has 70 valence electrons. The molecule has 0 radical (unpaired) electrons. The Hall–Kier alpha value is -1.10. The first-order valence-electron chi connectivity index (χ1n) is 3.65. The zero-order valence-electron chi connectivity index (χ0n) is 7.60. The molecule has 5 heteroatoms. The van der Waals surface area contributed by atoms with Gasteiger partial charge in [-0.3, -0.25) is 14.9 Å². The smallest absolute Gasteiger partial charge is 0.237 e. The molecule has 0 aromatic rings. The Labute approximate surface area is 71.7 Å². The summed E-state index contributed by atoms with van der Waals surface area (Å²) in [5, 5.41) is 5.15. The normalized spacial score (nSPS) is 10.9. The molecule has 0 saturated carbocycles. The number of nitrogens with one attached hydrogen (secondary N) is 2. The molecule has 4 N–H and O–H groups in total. The number of primary amides is 1. The standard InChI is InChI=1S/C7H15N3O2/c1-7(2,6(8)12)10-4-5(11)9-3/h10H,4H2,1-3H3,(H2,8,12)(H,9,11). The van der Waals surface area contributed by atoms with Crippen LogP contribution in [0.5, 0.6) is 0 Å². The van der Waals surface area contributed by atoms with Crippen LogP contribution in [0.1, 0.15) is 13.8 Å². The van der Waals surface area contributed by atoms with Gasteiger partial charge in [-0.1, -0.05) is 0 Å². The molecular formula is C7H15N3O2. The van der Waals surface area contributed by atoms with Crippen LogP contribution in [0.15, 0.2) is 0 Å². The third-order valence-corrected chi connectivity index (χ3v) is 1.59. The van der Waals surface area contributed by atoms with Gasteiger partial charge in [-0.05, 0) is 13.8 Å². The summed E-state index contributed by atoms with van der Waals surface area (Å²) in [7, 11) is 1.53. The zero-order valence-corrected chi connectivity index (χ0v) is 7.60. The Morgan fingerprint density at radius 1 is 1.42 bits per heavy atom. The van der Waals surface area contributed by atoms with E-state index in [9.17, 15) is 9.59 Å². The van der Waals surface area contributed by atoms with Crippen molar-refractivity contribution in [3.63, 3.8) is 0 Å². The minimum Gasteiger partial charge on any atom is -0.368 e. The average molecular weight is 173 g/mol. The fraction of sp³-hybridized carbons (Fsp3) is 0.714. The number of hydrogen-bond donors (Lipinski definition) is 3. The van der Waals surface area contributed by atoms with Crippen LogP contribution in [0.4, 0.5) is 0 Å². The highest BCUT2D eigenvalue weighted by atomic mass is 16.2. The van der Waals surface area contributed by atoms with E-state index in [1.165, 1.54) is 7.05 Å². The molecule has 0 spiro atoms. The van der Waals surface area contributed by atoms with Crippen LogP contribution in [0.3, 0.4) is 0 Å². The molecule has 5 nitrogen and oxygen atoms in total. The van der Waals surface area contributed by atoms with E-state index in [1.54, 1.807) is 13.8 Å². The van der Waals surface area contributed by atoms with Gasteiger partial charge in [0.15, 0.2) is 0 Å². The summed E-state index contributed by atoms with van der Waals surface area (Å²) in [6.07, 6.45) is 0. The van der Waals surface area contributed by atoms with E-state index in [1.807, 2.05) is 0 Å². The van der Waals surface area contributed by atoms with Crippen molar-refractivity contribution in [1.82, 2.24) is 10.6 Å². The van der Waals surface area contributed by atoms with Gasteiger partial charge in [0.05, 0.1) is 12.1 Å². The summed E-state index contributed by atoms with van der Waals surface area (Å²) in [6, 6.07) is 0. The van der Waals surface area contributed by atoms with E-state index in [2.05, 4.69) is 10.6 Å². The van der Waals surface area contributed by atoms with Gasteiger partial charge >= 0.3 is 0 Å². The molecule has 0 aliphatic carbocycles. The highest BCUT2D eigenvalue weighted by Gasteiger charge is 2.24. The minimum absolute atomic E-state index is 0.0897. The highest BCUT2D eigenvalue weighted by Crippen LogP contribution is 1.98. The Morgan fingerprint density at radius 3 is 2.25 bits per heavy atom. The number of carbonyl (C=O) groups is 2. The van der Waals surface area contributed by atoms with E-state index in [4.69, 9.17) is 5.73 Å². The van der Waals surface area contributed by atoms with E-state index in [-0.39, 0.29) is 12.5 Å². The molecule has 0 rings (SSSR count). The average Bonchev–Trinajstić information content (AvgIpc) is 2.00. The van der Waals surface area contributed by atoms with Crippen molar-refractivity contribution in [2.75, 3.05) is 13.6 Å². The monoisotopic (exact) mass is 173 g/mol. The maximum absolute atomic E-state index is 10.8. The first kappa shape index (κ1) is 10.9. The summed E-state index contributed by atoms with van der Waals surface area (Å²) in [5.74, 6) is -0.657. The molecule has 0 aliphatic rings. The lowest BCUT2D eigenvalue weighted by molar-refractivity contribution is -0.124. The minimum atomic E-state index is -0.841. The van der Waals surface area contributed by atoms with Crippen LogP contribution in [0.25, 0.3) is 0 Å². The second kappa shape index (κ2) is 4.06.